The summed E-state index contributed by atoms with van der Waals surface area (Å²) >= 11 is 1.33. The zero-order valence-electron chi connectivity index (χ0n) is 21.5. The number of methoxy groups -OCH3 is 1. The maximum Gasteiger partial charge on any atom is 0.320 e. The molecule has 0 spiro atoms. The first-order valence-electron chi connectivity index (χ1n) is 12.5. The lowest BCUT2D eigenvalue weighted by Crippen LogP contribution is -2.42. The van der Waals surface area contributed by atoms with E-state index in [2.05, 4.69) is 25.5 Å². The van der Waals surface area contributed by atoms with E-state index in [4.69, 9.17) is 9.72 Å². The number of anilines is 1. The number of urea groups is 1. The second kappa shape index (κ2) is 11.9. The van der Waals surface area contributed by atoms with Crippen LogP contribution in [0.4, 0.5) is 18.6 Å². The van der Waals surface area contributed by atoms with Gasteiger partial charge in [-0.05, 0) is 24.6 Å². The van der Waals surface area contributed by atoms with E-state index in [1.54, 1.807) is 25.6 Å². The van der Waals surface area contributed by atoms with Crippen molar-refractivity contribution in [3.8, 4) is 21.8 Å². The van der Waals surface area contributed by atoms with Crippen LogP contribution in [0.15, 0.2) is 60.9 Å². The molecule has 0 unspecified atom stereocenters. The number of aryl methyl sites for hydroxylation is 1. The number of nitrogens with one attached hydrogen (secondary N) is 2. The van der Waals surface area contributed by atoms with Crippen molar-refractivity contribution in [2.75, 3.05) is 38.7 Å². The van der Waals surface area contributed by atoms with Gasteiger partial charge in [0.2, 0.25) is 0 Å². The van der Waals surface area contributed by atoms with E-state index in [9.17, 15) is 13.6 Å². The number of benzene rings is 2. The number of ether oxygens (including phenoxy) is 1. The Morgan fingerprint density at radius 1 is 1.08 bits per heavy atom. The second-order valence-corrected chi connectivity index (χ2v) is 10.3. The molecule has 0 radical (unpaired) electrons. The van der Waals surface area contributed by atoms with Crippen molar-refractivity contribution in [2.24, 2.45) is 0 Å². The average molecular weight is 551 g/mol. The van der Waals surface area contributed by atoms with E-state index in [-0.39, 0.29) is 12.0 Å². The third-order valence-corrected chi connectivity index (χ3v) is 7.64. The van der Waals surface area contributed by atoms with Gasteiger partial charge in [-0.3, -0.25) is 10.2 Å². The van der Waals surface area contributed by atoms with Crippen LogP contribution in [0.5, 0.6) is 0 Å². The van der Waals surface area contributed by atoms with Gasteiger partial charge in [0.15, 0.2) is 11.6 Å². The van der Waals surface area contributed by atoms with Crippen LogP contribution in [0, 0.1) is 18.6 Å². The van der Waals surface area contributed by atoms with Crippen molar-refractivity contribution < 1.29 is 18.3 Å². The van der Waals surface area contributed by atoms with Crippen LogP contribution < -0.4 is 10.6 Å². The zero-order chi connectivity index (χ0) is 27.4. The number of rotatable bonds is 8. The third kappa shape index (κ3) is 6.27. The highest BCUT2D eigenvalue weighted by Crippen LogP contribution is 2.38. The number of hydrogen-bond acceptors (Lipinski definition) is 7. The Balaban J connectivity index is 1.39. The highest BCUT2D eigenvalue weighted by molar-refractivity contribution is 7.19. The van der Waals surface area contributed by atoms with Gasteiger partial charge in [0, 0.05) is 56.2 Å². The highest BCUT2D eigenvalue weighted by Gasteiger charge is 2.35. The summed E-state index contributed by atoms with van der Waals surface area (Å²) in [4.78, 5) is 28.8. The predicted molar refractivity (Wildman–Crippen MR) is 147 cm³/mol. The lowest BCUT2D eigenvalue weighted by atomic mass is 9.94. The molecule has 4 aromatic rings. The van der Waals surface area contributed by atoms with Gasteiger partial charge < -0.3 is 10.1 Å². The van der Waals surface area contributed by atoms with Gasteiger partial charge in [0.1, 0.15) is 21.5 Å². The Hall–Kier alpha value is -3.80. The SMILES string of the molecule is COCCN1C[C@@H](NC(=O)Nc2sc(-c3cnc(C)nc3)nc2-c2ccccc2)[C@H](c2ccc(F)c(F)c2)C1. The maximum absolute atomic E-state index is 14.1. The van der Waals surface area contributed by atoms with Crippen LogP contribution in [-0.2, 0) is 4.74 Å². The standard InChI is InChI=1S/C28H28F2N6O2S/c1-17-31-13-20(14-32-17)26-34-25(18-6-4-3-5-7-18)27(39-26)35-28(37)33-24-16-36(10-11-38-2)15-21(24)19-8-9-22(29)23(30)12-19/h3-9,12-14,21,24H,10-11,15-16H2,1-2H3,(H2,33,35,37)/t21-,24+/m0/s1. The monoisotopic (exact) mass is 550 g/mol. The van der Waals surface area contributed by atoms with Gasteiger partial charge in [0.05, 0.1) is 12.6 Å². The van der Waals surface area contributed by atoms with Gasteiger partial charge in [-0.25, -0.2) is 28.5 Å². The smallest absolute Gasteiger partial charge is 0.320 e. The lowest BCUT2D eigenvalue weighted by molar-refractivity contribution is 0.159. The quantitative estimate of drug-likeness (QED) is 0.318. The van der Waals surface area contributed by atoms with E-state index in [0.29, 0.717) is 53.3 Å². The number of halogens is 2. The molecule has 8 nitrogen and oxygen atoms in total. The first kappa shape index (κ1) is 26.8. The van der Waals surface area contributed by atoms with Gasteiger partial charge in [-0.2, -0.15) is 0 Å². The molecule has 3 heterocycles. The maximum atomic E-state index is 14.1. The molecule has 1 aliphatic rings. The average Bonchev–Trinajstić information content (AvgIpc) is 3.54. The molecular formula is C28H28F2N6O2S. The van der Waals surface area contributed by atoms with E-state index in [1.807, 2.05) is 37.3 Å². The minimum Gasteiger partial charge on any atom is -0.383 e. The molecule has 0 saturated carbocycles. The van der Waals surface area contributed by atoms with Gasteiger partial charge in [-0.15, -0.1) is 0 Å². The van der Waals surface area contributed by atoms with Crippen LogP contribution in [0.1, 0.15) is 17.3 Å². The molecule has 0 aliphatic carbocycles. The molecule has 2 atom stereocenters. The predicted octanol–water partition coefficient (Wildman–Crippen LogP) is 5.09. The van der Waals surface area contributed by atoms with E-state index in [0.717, 1.165) is 17.2 Å². The summed E-state index contributed by atoms with van der Waals surface area (Å²) in [5, 5.41) is 7.29. The molecule has 2 N–H and O–H groups in total. The van der Waals surface area contributed by atoms with Crippen molar-refractivity contribution in [2.45, 2.75) is 18.9 Å². The largest absolute Gasteiger partial charge is 0.383 e. The normalized spacial score (nSPS) is 17.3. The third-order valence-electron chi connectivity index (χ3n) is 6.62. The first-order valence-corrected chi connectivity index (χ1v) is 13.3. The number of amides is 2. The van der Waals surface area contributed by atoms with E-state index in [1.165, 1.54) is 17.4 Å². The fourth-order valence-electron chi connectivity index (χ4n) is 4.65. The second-order valence-electron chi connectivity index (χ2n) is 9.32. The molecule has 5 rings (SSSR count). The Kier molecular flexibility index (Phi) is 8.20. The van der Waals surface area contributed by atoms with Crippen molar-refractivity contribution in [3.05, 3.63) is 83.9 Å². The van der Waals surface area contributed by atoms with Gasteiger partial charge >= 0.3 is 6.03 Å². The summed E-state index contributed by atoms with van der Waals surface area (Å²) in [5.74, 6) is -1.37. The Bertz CT molecular complexity index is 1430. The highest BCUT2D eigenvalue weighted by atomic mass is 32.1. The first-order chi connectivity index (χ1) is 18.9. The molecular weight excluding hydrogens is 522 g/mol. The number of hydrogen-bond donors (Lipinski definition) is 2. The lowest BCUT2D eigenvalue weighted by Gasteiger charge is -2.20. The minimum absolute atomic E-state index is 0.224. The number of carbonyl (C=O) groups is 1. The topological polar surface area (TPSA) is 92.3 Å². The van der Waals surface area contributed by atoms with Gasteiger partial charge in [0.25, 0.3) is 0 Å². The van der Waals surface area contributed by atoms with Crippen molar-refractivity contribution in [1.29, 1.82) is 0 Å². The Morgan fingerprint density at radius 3 is 2.56 bits per heavy atom. The summed E-state index contributed by atoms with van der Waals surface area (Å²) in [7, 11) is 1.63. The van der Waals surface area contributed by atoms with E-state index >= 15 is 0 Å². The van der Waals surface area contributed by atoms with Crippen LogP contribution >= 0.6 is 11.3 Å². The molecule has 1 saturated heterocycles. The Labute approximate surface area is 229 Å². The van der Waals surface area contributed by atoms with Crippen LogP contribution in [0.3, 0.4) is 0 Å². The number of carbonyl (C=O) groups excluding carboxylic acids is 1. The molecule has 202 valence electrons. The molecule has 39 heavy (non-hydrogen) atoms. The van der Waals surface area contributed by atoms with Crippen LogP contribution in [0.25, 0.3) is 21.8 Å². The zero-order valence-corrected chi connectivity index (χ0v) is 22.3. The molecule has 1 aliphatic heterocycles. The van der Waals surface area contributed by atoms with Crippen molar-refractivity contribution in [3.63, 3.8) is 0 Å². The molecule has 0 bridgehead atoms. The summed E-state index contributed by atoms with van der Waals surface area (Å²) in [5.41, 5.74) is 2.87. The molecule has 2 aromatic heterocycles. The molecule has 2 aromatic carbocycles. The summed E-state index contributed by atoms with van der Waals surface area (Å²) in [6, 6.07) is 12.8. The summed E-state index contributed by atoms with van der Waals surface area (Å²) in [6.45, 7) is 4.11. The fraction of sp³-hybridized carbons (Fsp3) is 0.286. The minimum atomic E-state index is -0.907. The molecule has 2 amide bonds. The fourth-order valence-corrected chi connectivity index (χ4v) is 5.60. The molecule has 11 heteroatoms. The summed E-state index contributed by atoms with van der Waals surface area (Å²) < 4.78 is 32.9. The van der Waals surface area contributed by atoms with Crippen LogP contribution in [0.2, 0.25) is 0 Å². The summed E-state index contributed by atoms with van der Waals surface area (Å²) in [6.07, 6.45) is 3.42. The molecule has 1 fully saturated rings. The van der Waals surface area contributed by atoms with Crippen molar-refractivity contribution >= 4 is 22.4 Å². The Morgan fingerprint density at radius 2 is 1.85 bits per heavy atom. The van der Waals surface area contributed by atoms with E-state index < -0.39 is 17.7 Å². The van der Waals surface area contributed by atoms with Crippen LogP contribution in [-0.4, -0.2) is 65.3 Å². The number of aromatic nitrogens is 3. The number of nitrogens with zero attached hydrogens (tertiary/aromatic N) is 4. The number of thiazole rings is 1. The number of likely N-dealkylation sites (tertiary alicyclic amines) is 1. The van der Waals surface area contributed by atoms with Crippen molar-refractivity contribution in [1.82, 2.24) is 25.2 Å². The van der Waals surface area contributed by atoms with Gasteiger partial charge in [-0.1, -0.05) is 47.7 Å².